The number of rotatable bonds is 6. The minimum Gasteiger partial charge on any atom is -0.497 e. The number of hydrogen-bond donors (Lipinski definition) is 2. The van der Waals surface area contributed by atoms with Crippen LogP contribution >= 0.6 is 24.0 Å². The maximum atomic E-state index is 5.31. The fourth-order valence-electron chi connectivity index (χ4n) is 2.16. The topological polar surface area (TPSA) is 64.1 Å². The first-order chi connectivity index (χ1) is 11.7. The van der Waals surface area contributed by atoms with Gasteiger partial charge in [-0.3, -0.25) is 4.99 Å². The molecule has 0 radical (unpaired) electrons. The highest BCUT2D eigenvalue weighted by atomic mass is 127. The Hall–Kier alpha value is -2.16. The minimum atomic E-state index is 0. The molecule has 0 bridgehead atoms. The van der Waals surface area contributed by atoms with Crippen molar-refractivity contribution < 1.29 is 14.2 Å². The fourth-order valence-corrected chi connectivity index (χ4v) is 2.16. The van der Waals surface area contributed by atoms with Crippen LogP contribution in [0.25, 0.3) is 0 Å². The molecule has 0 atom stereocenters. The summed E-state index contributed by atoms with van der Waals surface area (Å²) < 4.78 is 15.7. The number of halogens is 1. The van der Waals surface area contributed by atoms with Crippen LogP contribution in [-0.2, 0) is 6.54 Å². The molecular formula is C18H24IN3O3. The van der Waals surface area contributed by atoms with Gasteiger partial charge in [0.2, 0.25) is 0 Å². The summed E-state index contributed by atoms with van der Waals surface area (Å²) in [6.45, 7) is 0.650. The van der Waals surface area contributed by atoms with E-state index in [-0.39, 0.29) is 24.0 Å². The third-order valence-corrected chi connectivity index (χ3v) is 3.49. The number of guanidine groups is 1. The molecule has 0 spiro atoms. The summed E-state index contributed by atoms with van der Waals surface area (Å²) in [6.07, 6.45) is 0. The molecule has 0 amide bonds. The van der Waals surface area contributed by atoms with E-state index in [9.17, 15) is 0 Å². The molecule has 2 aromatic carbocycles. The maximum Gasteiger partial charge on any atom is 0.195 e. The third kappa shape index (κ3) is 6.00. The lowest BCUT2D eigenvalue weighted by Gasteiger charge is -2.14. The largest absolute Gasteiger partial charge is 0.497 e. The molecule has 0 unspecified atom stereocenters. The number of nitrogens with one attached hydrogen (secondary N) is 2. The first-order valence-corrected chi connectivity index (χ1v) is 7.52. The molecular weight excluding hydrogens is 433 g/mol. The highest BCUT2D eigenvalue weighted by Gasteiger charge is 2.06. The van der Waals surface area contributed by atoms with Crippen molar-refractivity contribution in [2.75, 3.05) is 33.7 Å². The lowest BCUT2D eigenvalue weighted by molar-refractivity contribution is 0.355. The van der Waals surface area contributed by atoms with E-state index < -0.39 is 0 Å². The van der Waals surface area contributed by atoms with Gasteiger partial charge in [0, 0.05) is 25.3 Å². The smallest absolute Gasteiger partial charge is 0.195 e. The molecule has 136 valence electrons. The van der Waals surface area contributed by atoms with Gasteiger partial charge < -0.3 is 24.8 Å². The fraction of sp³-hybridized carbons (Fsp3) is 0.278. The Bertz CT molecular complexity index is 690. The molecule has 6 nitrogen and oxygen atoms in total. The number of benzene rings is 2. The lowest BCUT2D eigenvalue weighted by Crippen LogP contribution is -2.30. The van der Waals surface area contributed by atoms with Crippen LogP contribution in [0.4, 0.5) is 5.69 Å². The molecule has 0 saturated heterocycles. The van der Waals surface area contributed by atoms with E-state index in [1.165, 1.54) is 0 Å². The molecule has 25 heavy (non-hydrogen) atoms. The van der Waals surface area contributed by atoms with Crippen molar-refractivity contribution >= 4 is 35.6 Å². The molecule has 0 aliphatic carbocycles. The van der Waals surface area contributed by atoms with Gasteiger partial charge in [-0.05, 0) is 29.8 Å². The van der Waals surface area contributed by atoms with E-state index in [0.29, 0.717) is 24.0 Å². The predicted octanol–water partition coefficient (Wildman–Crippen LogP) is 3.52. The molecule has 0 fully saturated rings. The zero-order valence-corrected chi connectivity index (χ0v) is 17.2. The van der Waals surface area contributed by atoms with Crippen LogP contribution in [0.3, 0.4) is 0 Å². The first-order valence-electron chi connectivity index (χ1n) is 7.52. The van der Waals surface area contributed by atoms with Gasteiger partial charge in [0.05, 0.1) is 21.3 Å². The standard InChI is InChI=1S/C18H23N3O3.HI/c1-19-18(20-12-13-5-8-15(22-2)9-6-13)21-14-7-10-16(23-3)17(11-14)24-4;/h5-11H,12H2,1-4H3,(H2,19,20,21);1H. The predicted molar refractivity (Wildman–Crippen MR) is 112 cm³/mol. The van der Waals surface area contributed by atoms with Crippen molar-refractivity contribution in [3.63, 3.8) is 0 Å². The van der Waals surface area contributed by atoms with Crippen molar-refractivity contribution in [1.82, 2.24) is 5.32 Å². The molecule has 0 heterocycles. The Morgan fingerprint density at radius 3 is 2.16 bits per heavy atom. The van der Waals surface area contributed by atoms with Gasteiger partial charge in [-0.15, -0.1) is 24.0 Å². The van der Waals surface area contributed by atoms with Crippen LogP contribution in [0.15, 0.2) is 47.5 Å². The van der Waals surface area contributed by atoms with Crippen LogP contribution in [0.1, 0.15) is 5.56 Å². The molecule has 0 saturated carbocycles. The molecule has 2 N–H and O–H groups in total. The van der Waals surface area contributed by atoms with E-state index in [4.69, 9.17) is 14.2 Å². The summed E-state index contributed by atoms with van der Waals surface area (Å²) in [6, 6.07) is 13.5. The average molecular weight is 457 g/mol. The highest BCUT2D eigenvalue weighted by molar-refractivity contribution is 14.0. The van der Waals surface area contributed by atoms with Gasteiger partial charge in [-0.1, -0.05) is 12.1 Å². The monoisotopic (exact) mass is 457 g/mol. The van der Waals surface area contributed by atoms with E-state index >= 15 is 0 Å². The molecule has 0 aromatic heterocycles. The van der Waals surface area contributed by atoms with E-state index in [1.807, 2.05) is 42.5 Å². The Morgan fingerprint density at radius 2 is 1.60 bits per heavy atom. The number of methoxy groups -OCH3 is 3. The number of hydrogen-bond acceptors (Lipinski definition) is 4. The highest BCUT2D eigenvalue weighted by Crippen LogP contribution is 2.29. The van der Waals surface area contributed by atoms with Crippen molar-refractivity contribution in [2.45, 2.75) is 6.54 Å². The van der Waals surface area contributed by atoms with Crippen molar-refractivity contribution in [1.29, 1.82) is 0 Å². The van der Waals surface area contributed by atoms with Gasteiger partial charge in [0.1, 0.15) is 5.75 Å². The summed E-state index contributed by atoms with van der Waals surface area (Å²) in [7, 11) is 6.60. The molecule has 2 rings (SSSR count). The van der Waals surface area contributed by atoms with Gasteiger partial charge in [-0.25, -0.2) is 0 Å². The van der Waals surface area contributed by atoms with Crippen molar-refractivity contribution in [3.05, 3.63) is 48.0 Å². The minimum absolute atomic E-state index is 0. The Balaban J connectivity index is 0.00000312. The quantitative estimate of drug-likeness (QED) is 0.395. The van der Waals surface area contributed by atoms with Crippen LogP contribution in [0.2, 0.25) is 0 Å². The molecule has 0 aliphatic rings. The molecule has 7 heteroatoms. The number of nitrogens with zero attached hydrogens (tertiary/aromatic N) is 1. The lowest BCUT2D eigenvalue weighted by atomic mass is 10.2. The normalized spacial score (nSPS) is 10.5. The third-order valence-electron chi connectivity index (χ3n) is 3.49. The van der Waals surface area contributed by atoms with E-state index in [2.05, 4.69) is 15.6 Å². The molecule has 2 aromatic rings. The average Bonchev–Trinajstić information content (AvgIpc) is 2.65. The van der Waals surface area contributed by atoms with E-state index in [0.717, 1.165) is 17.0 Å². The Labute approximate surface area is 165 Å². The van der Waals surface area contributed by atoms with Gasteiger partial charge in [0.25, 0.3) is 0 Å². The first kappa shape index (κ1) is 20.9. The zero-order valence-electron chi connectivity index (χ0n) is 14.8. The van der Waals surface area contributed by atoms with Gasteiger partial charge >= 0.3 is 0 Å². The van der Waals surface area contributed by atoms with E-state index in [1.54, 1.807) is 28.4 Å². The number of aliphatic imine (C=N–C) groups is 1. The summed E-state index contributed by atoms with van der Waals surface area (Å²) in [4.78, 5) is 4.23. The Morgan fingerprint density at radius 1 is 0.920 bits per heavy atom. The van der Waals surface area contributed by atoms with Crippen LogP contribution in [0.5, 0.6) is 17.2 Å². The van der Waals surface area contributed by atoms with Crippen molar-refractivity contribution in [2.24, 2.45) is 4.99 Å². The van der Waals surface area contributed by atoms with Crippen LogP contribution in [0, 0.1) is 0 Å². The second kappa shape index (κ2) is 10.7. The second-order valence-corrected chi connectivity index (χ2v) is 4.97. The zero-order chi connectivity index (χ0) is 17.4. The van der Waals surface area contributed by atoms with Gasteiger partial charge in [0.15, 0.2) is 17.5 Å². The summed E-state index contributed by atoms with van der Waals surface area (Å²) in [5.74, 6) is 2.85. The summed E-state index contributed by atoms with van der Waals surface area (Å²) in [5.41, 5.74) is 1.99. The van der Waals surface area contributed by atoms with Crippen LogP contribution in [-0.4, -0.2) is 34.3 Å². The SMILES string of the molecule is CN=C(NCc1ccc(OC)cc1)Nc1ccc(OC)c(OC)c1.I. The van der Waals surface area contributed by atoms with Crippen LogP contribution < -0.4 is 24.8 Å². The second-order valence-electron chi connectivity index (χ2n) is 4.97. The Kier molecular flexibility index (Phi) is 8.90. The maximum absolute atomic E-state index is 5.31. The summed E-state index contributed by atoms with van der Waals surface area (Å²) >= 11 is 0. The summed E-state index contributed by atoms with van der Waals surface area (Å²) in [5, 5.41) is 6.49. The number of ether oxygens (including phenoxy) is 3. The number of anilines is 1. The van der Waals surface area contributed by atoms with Gasteiger partial charge in [-0.2, -0.15) is 0 Å². The molecule has 0 aliphatic heterocycles. The van der Waals surface area contributed by atoms with Crippen molar-refractivity contribution in [3.8, 4) is 17.2 Å².